The van der Waals surface area contributed by atoms with Crippen LogP contribution in [0.3, 0.4) is 0 Å². The van der Waals surface area contributed by atoms with E-state index < -0.39 is 17.6 Å². The van der Waals surface area contributed by atoms with Crippen LogP contribution in [0.5, 0.6) is 0 Å². The van der Waals surface area contributed by atoms with Crippen LogP contribution in [0.1, 0.15) is 20.9 Å². The van der Waals surface area contributed by atoms with Crippen molar-refractivity contribution in [1.29, 1.82) is 0 Å². The molecular formula is C21H17F3N4OS. The molecule has 5 nitrogen and oxygen atoms in total. The van der Waals surface area contributed by atoms with Crippen LogP contribution in [0.25, 0.3) is 10.2 Å². The molecule has 0 fully saturated rings. The zero-order chi connectivity index (χ0) is 21.1. The molecule has 4 rings (SSSR count). The van der Waals surface area contributed by atoms with Crippen LogP contribution in [-0.2, 0) is 19.1 Å². The molecule has 1 unspecified atom stereocenters. The van der Waals surface area contributed by atoms with Gasteiger partial charge in [-0.3, -0.25) is 4.79 Å². The van der Waals surface area contributed by atoms with Crippen molar-refractivity contribution in [2.24, 2.45) is 0 Å². The summed E-state index contributed by atoms with van der Waals surface area (Å²) in [7, 11) is 0. The van der Waals surface area contributed by atoms with Crippen molar-refractivity contribution in [3.8, 4) is 0 Å². The predicted octanol–water partition coefficient (Wildman–Crippen LogP) is 4.55. The van der Waals surface area contributed by atoms with Crippen molar-refractivity contribution in [3.63, 3.8) is 0 Å². The summed E-state index contributed by atoms with van der Waals surface area (Å²) in [5.74, 6) is -0.495. The zero-order valence-electron chi connectivity index (χ0n) is 15.6. The number of carbonyl (C=O) groups excluding carboxylic acids is 1. The van der Waals surface area contributed by atoms with Crippen molar-refractivity contribution in [2.45, 2.75) is 25.2 Å². The van der Waals surface area contributed by atoms with E-state index in [1.54, 1.807) is 18.7 Å². The van der Waals surface area contributed by atoms with E-state index in [-0.39, 0.29) is 16.6 Å². The van der Waals surface area contributed by atoms with Gasteiger partial charge in [0, 0.05) is 18.9 Å². The standard InChI is InChI=1S/C21H17F3N4OS/c22-21(23,24)16-7-4-8-17-18(16)27-20(30-17)19(29)26-15(12-28-10-9-25-13-28)11-14-5-2-1-3-6-14/h1-10,13,15H,11-12H2,(H,26,29). The second kappa shape index (κ2) is 8.27. The molecule has 1 atom stereocenters. The minimum absolute atomic E-state index is 0.00499. The van der Waals surface area contributed by atoms with Crippen LogP contribution in [0.4, 0.5) is 13.2 Å². The monoisotopic (exact) mass is 430 g/mol. The second-order valence-corrected chi connectivity index (χ2v) is 7.82. The molecular weight excluding hydrogens is 413 g/mol. The fourth-order valence-corrected chi connectivity index (χ4v) is 4.13. The summed E-state index contributed by atoms with van der Waals surface area (Å²) in [4.78, 5) is 20.9. The summed E-state index contributed by atoms with van der Waals surface area (Å²) in [6, 6.07) is 13.2. The van der Waals surface area contributed by atoms with E-state index in [1.807, 2.05) is 34.9 Å². The fraction of sp³-hybridized carbons (Fsp3) is 0.190. The molecule has 0 saturated heterocycles. The lowest BCUT2D eigenvalue weighted by Crippen LogP contribution is -2.39. The Labute approximate surface area is 174 Å². The Morgan fingerprint density at radius 3 is 2.63 bits per heavy atom. The Balaban J connectivity index is 1.58. The Bertz CT molecular complexity index is 1140. The van der Waals surface area contributed by atoms with Gasteiger partial charge in [-0.15, -0.1) is 11.3 Å². The number of aromatic nitrogens is 3. The molecule has 0 spiro atoms. The highest BCUT2D eigenvalue weighted by Gasteiger charge is 2.34. The number of carbonyl (C=O) groups is 1. The smallest absolute Gasteiger partial charge is 0.345 e. The van der Waals surface area contributed by atoms with E-state index in [0.29, 0.717) is 17.7 Å². The van der Waals surface area contributed by atoms with Gasteiger partial charge in [-0.1, -0.05) is 36.4 Å². The highest BCUT2D eigenvalue weighted by atomic mass is 32.1. The Morgan fingerprint density at radius 1 is 1.13 bits per heavy atom. The van der Waals surface area contributed by atoms with Gasteiger partial charge in [-0.2, -0.15) is 13.2 Å². The number of thiazole rings is 1. The zero-order valence-corrected chi connectivity index (χ0v) is 16.5. The lowest BCUT2D eigenvalue weighted by molar-refractivity contribution is -0.136. The first kappa shape index (κ1) is 20.1. The molecule has 1 N–H and O–H groups in total. The molecule has 9 heteroatoms. The van der Waals surface area contributed by atoms with E-state index in [2.05, 4.69) is 15.3 Å². The highest BCUT2D eigenvalue weighted by molar-refractivity contribution is 7.20. The Hall–Kier alpha value is -3.20. The maximum atomic E-state index is 13.2. The summed E-state index contributed by atoms with van der Waals surface area (Å²) >= 11 is 0.950. The van der Waals surface area contributed by atoms with E-state index in [1.165, 1.54) is 12.1 Å². The van der Waals surface area contributed by atoms with Crippen LogP contribution in [0, 0.1) is 0 Å². The molecule has 2 heterocycles. The first-order chi connectivity index (χ1) is 14.4. The molecule has 154 valence electrons. The highest BCUT2D eigenvalue weighted by Crippen LogP contribution is 2.36. The number of imidazole rings is 1. The number of rotatable bonds is 6. The number of alkyl halides is 3. The van der Waals surface area contributed by atoms with Gasteiger partial charge >= 0.3 is 6.18 Å². The summed E-state index contributed by atoms with van der Waals surface area (Å²) in [6.07, 6.45) is 1.12. The largest absolute Gasteiger partial charge is 0.418 e. The third-order valence-corrected chi connectivity index (χ3v) is 5.59. The molecule has 0 radical (unpaired) electrons. The number of fused-ring (bicyclic) bond motifs is 1. The second-order valence-electron chi connectivity index (χ2n) is 6.79. The van der Waals surface area contributed by atoms with Crippen LogP contribution in [0.15, 0.2) is 67.3 Å². The van der Waals surface area contributed by atoms with Crippen molar-refractivity contribution in [2.75, 3.05) is 0 Å². The quantitative estimate of drug-likeness (QED) is 0.488. The maximum absolute atomic E-state index is 13.2. The molecule has 0 saturated carbocycles. The average molecular weight is 430 g/mol. The Morgan fingerprint density at radius 2 is 1.93 bits per heavy atom. The average Bonchev–Trinajstić information content (AvgIpc) is 3.37. The number of hydrogen-bond donors (Lipinski definition) is 1. The fourth-order valence-electron chi connectivity index (χ4n) is 3.23. The molecule has 2 aromatic carbocycles. The lowest BCUT2D eigenvalue weighted by Gasteiger charge is -2.19. The molecule has 0 bridgehead atoms. The molecule has 0 aliphatic rings. The molecule has 4 aromatic rings. The van der Waals surface area contributed by atoms with Crippen LogP contribution >= 0.6 is 11.3 Å². The number of benzene rings is 2. The van der Waals surface area contributed by atoms with Gasteiger partial charge in [0.25, 0.3) is 5.91 Å². The van der Waals surface area contributed by atoms with Gasteiger partial charge in [0.2, 0.25) is 0 Å². The number of nitrogens with one attached hydrogen (secondary N) is 1. The third kappa shape index (κ3) is 4.51. The van der Waals surface area contributed by atoms with Crippen LogP contribution < -0.4 is 5.32 Å². The lowest BCUT2D eigenvalue weighted by atomic mass is 10.1. The summed E-state index contributed by atoms with van der Waals surface area (Å²) in [5, 5.41) is 2.92. The first-order valence-electron chi connectivity index (χ1n) is 9.17. The number of hydrogen-bond acceptors (Lipinski definition) is 4. The summed E-state index contributed by atoms with van der Waals surface area (Å²) in [6.45, 7) is 0.472. The number of halogens is 3. The van der Waals surface area contributed by atoms with Gasteiger partial charge in [-0.05, 0) is 24.1 Å². The molecule has 1 amide bonds. The van der Waals surface area contributed by atoms with Gasteiger partial charge in [0.15, 0.2) is 5.01 Å². The Kier molecular flexibility index (Phi) is 5.54. The van der Waals surface area contributed by atoms with Crippen molar-refractivity contribution >= 4 is 27.5 Å². The minimum Gasteiger partial charge on any atom is -0.345 e. The normalized spacial score (nSPS) is 12.8. The van der Waals surface area contributed by atoms with Gasteiger partial charge < -0.3 is 9.88 Å². The van der Waals surface area contributed by atoms with Gasteiger partial charge in [0.05, 0.1) is 28.1 Å². The van der Waals surface area contributed by atoms with Crippen LogP contribution in [-0.4, -0.2) is 26.5 Å². The third-order valence-electron chi connectivity index (χ3n) is 4.57. The number of amides is 1. The van der Waals surface area contributed by atoms with Gasteiger partial charge in [-0.25, -0.2) is 9.97 Å². The van der Waals surface area contributed by atoms with Crippen LogP contribution in [0.2, 0.25) is 0 Å². The maximum Gasteiger partial charge on any atom is 0.418 e. The first-order valence-corrected chi connectivity index (χ1v) is 9.99. The molecule has 30 heavy (non-hydrogen) atoms. The SMILES string of the molecule is O=C(NC(Cc1ccccc1)Cn1ccnc1)c1nc2c(C(F)(F)F)cccc2s1. The van der Waals surface area contributed by atoms with Crippen molar-refractivity contribution in [1.82, 2.24) is 19.9 Å². The number of para-hydroxylation sites is 1. The van der Waals surface area contributed by atoms with E-state index in [4.69, 9.17) is 0 Å². The van der Waals surface area contributed by atoms with E-state index in [0.717, 1.165) is 23.0 Å². The summed E-state index contributed by atoms with van der Waals surface area (Å²) < 4.78 is 41.9. The van der Waals surface area contributed by atoms with Gasteiger partial charge in [0.1, 0.15) is 0 Å². The molecule has 0 aliphatic carbocycles. The topological polar surface area (TPSA) is 59.8 Å². The van der Waals surface area contributed by atoms with E-state index in [9.17, 15) is 18.0 Å². The van der Waals surface area contributed by atoms with Crippen molar-refractivity contribution < 1.29 is 18.0 Å². The minimum atomic E-state index is -4.53. The summed E-state index contributed by atoms with van der Waals surface area (Å²) in [5.41, 5.74) is -0.00417. The van der Waals surface area contributed by atoms with Crippen molar-refractivity contribution in [3.05, 3.63) is 83.4 Å². The number of nitrogens with zero attached hydrogens (tertiary/aromatic N) is 3. The molecule has 0 aliphatic heterocycles. The van der Waals surface area contributed by atoms with E-state index >= 15 is 0 Å². The molecule has 2 aromatic heterocycles. The predicted molar refractivity (Wildman–Crippen MR) is 108 cm³/mol.